The van der Waals surface area contributed by atoms with E-state index in [1.807, 2.05) is 0 Å². The van der Waals surface area contributed by atoms with Crippen LogP contribution in [0.5, 0.6) is 5.75 Å². The molecule has 0 aromatic heterocycles. The smallest absolute Gasteiger partial charge is 0.337 e. The van der Waals surface area contributed by atoms with Crippen molar-refractivity contribution in [2.75, 3.05) is 13.7 Å². The normalized spacial score (nSPS) is 31.6. The van der Waals surface area contributed by atoms with Crippen molar-refractivity contribution in [1.29, 1.82) is 0 Å². The Balaban J connectivity index is 2.07. The molecule has 0 radical (unpaired) electrons. The third kappa shape index (κ3) is 3.37. The van der Waals surface area contributed by atoms with E-state index in [1.165, 1.54) is 31.4 Å². The number of rotatable bonds is 4. The molecule has 0 saturated carbocycles. The van der Waals surface area contributed by atoms with Gasteiger partial charge in [0.2, 0.25) is 6.29 Å². The fraction of sp³-hybridized carbons (Fsp3) is 0.500. The van der Waals surface area contributed by atoms with Gasteiger partial charge >= 0.3 is 5.97 Å². The van der Waals surface area contributed by atoms with E-state index < -0.39 is 43.3 Å². The van der Waals surface area contributed by atoms with Crippen LogP contribution < -0.4 is 4.74 Å². The van der Waals surface area contributed by atoms with Crippen LogP contribution in [0.25, 0.3) is 0 Å². The van der Waals surface area contributed by atoms with Gasteiger partial charge in [-0.25, -0.2) is 4.79 Å². The molecule has 1 fully saturated rings. The quantitative estimate of drug-likeness (QED) is 0.503. The second-order valence-corrected chi connectivity index (χ2v) is 4.83. The summed E-state index contributed by atoms with van der Waals surface area (Å²) in [6.45, 7) is -0.536. The van der Waals surface area contributed by atoms with Crippen molar-refractivity contribution in [2.45, 2.75) is 30.7 Å². The highest BCUT2D eigenvalue weighted by atomic mass is 16.7. The van der Waals surface area contributed by atoms with E-state index in [2.05, 4.69) is 4.74 Å². The fourth-order valence-corrected chi connectivity index (χ4v) is 2.09. The van der Waals surface area contributed by atoms with E-state index in [9.17, 15) is 20.1 Å². The minimum Gasteiger partial charge on any atom is -0.465 e. The average Bonchev–Trinajstić information content (AvgIpc) is 2.55. The van der Waals surface area contributed by atoms with E-state index in [1.54, 1.807) is 0 Å². The van der Waals surface area contributed by atoms with E-state index in [0.717, 1.165) is 0 Å². The van der Waals surface area contributed by atoms with Gasteiger partial charge in [-0.1, -0.05) is 0 Å². The van der Waals surface area contributed by atoms with Crippen LogP contribution in [0.2, 0.25) is 0 Å². The largest absolute Gasteiger partial charge is 0.465 e. The molecule has 1 aromatic carbocycles. The summed E-state index contributed by atoms with van der Waals surface area (Å²) in [6.07, 6.45) is -6.75. The Kier molecular flexibility index (Phi) is 5.33. The van der Waals surface area contributed by atoms with E-state index in [4.69, 9.17) is 14.6 Å². The highest BCUT2D eigenvalue weighted by molar-refractivity contribution is 5.89. The molecule has 1 aromatic rings. The molecule has 2 rings (SSSR count). The first kappa shape index (κ1) is 16.7. The summed E-state index contributed by atoms with van der Waals surface area (Å²) in [5.74, 6) is -0.226. The van der Waals surface area contributed by atoms with Gasteiger partial charge < -0.3 is 34.6 Å². The second kappa shape index (κ2) is 7.03. The zero-order valence-electron chi connectivity index (χ0n) is 11.8. The predicted octanol–water partition coefficient (Wildman–Crippen LogP) is -1.35. The lowest BCUT2D eigenvalue weighted by Gasteiger charge is -2.39. The van der Waals surface area contributed by atoms with Gasteiger partial charge in [-0.15, -0.1) is 0 Å². The number of ether oxygens (including phenoxy) is 3. The highest BCUT2D eigenvalue weighted by Crippen LogP contribution is 2.24. The molecular formula is C14H18O8. The minimum atomic E-state index is -1.51. The van der Waals surface area contributed by atoms with E-state index in [0.29, 0.717) is 5.56 Å². The molecule has 8 nitrogen and oxygen atoms in total. The molecule has 0 amide bonds. The van der Waals surface area contributed by atoms with Crippen LogP contribution in [0.15, 0.2) is 24.3 Å². The molecule has 0 unspecified atom stereocenters. The van der Waals surface area contributed by atoms with Crippen molar-refractivity contribution >= 4 is 5.97 Å². The molecule has 22 heavy (non-hydrogen) atoms. The average molecular weight is 314 g/mol. The molecule has 0 bridgehead atoms. The Morgan fingerprint density at radius 1 is 1.14 bits per heavy atom. The molecule has 8 heteroatoms. The fourth-order valence-electron chi connectivity index (χ4n) is 2.09. The topological polar surface area (TPSA) is 126 Å². The zero-order chi connectivity index (χ0) is 16.3. The number of hydrogen-bond donors (Lipinski definition) is 4. The lowest BCUT2D eigenvalue weighted by molar-refractivity contribution is -0.277. The number of carbonyl (C=O) groups excluding carboxylic acids is 1. The maximum atomic E-state index is 11.3. The first-order valence-corrected chi connectivity index (χ1v) is 6.63. The van der Waals surface area contributed by atoms with Gasteiger partial charge in [0, 0.05) is 0 Å². The van der Waals surface area contributed by atoms with Gasteiger partial charge in [0.05, 0.1) is 19.3 Å². The maximum Gasteiger partial charge on any atom is 0.337 e. The van der Waals surface area contributed by atoms with E-state index in [-0.39, 0.29) is 5.75 Å². The van der Waals surface area contributed by atoms with Crippen molar-refractivity contribution in [1.82, 2.24) is 0 Å². The molecule has 1 saturated heterocycles. The Morgan fingerprint density at radius 3 is 2.32 bits per heavy atom. The third-order valence-electron chi connectivity index (χ3n) is 3.38. The summed E-state index contributed by atoms with van der Waals surface area (Å²) in [4.78, 5) is 11.3. The highest BCUT2D eigenvalue weighted by Gasteiger charge is 2.44. The van der Waals surface area contributed by atoms with Gasteiger partial charge in [-0.3, -0.25) is 0 Å². The Bertz CT molecular complexity index is 500. The van der Waals surface area contributed by atoms with E-state index >= 15 is 0 Å². The molecular weight excluding hydrogens is 296 g/mol. The molecule has 1 heterocycles. The number of aliphatic hydroxyl groups is 4. The number of methoxy groups -OCH3 is 1. The Labute approximate surface area is 126 Å². The summed E-state index contributed by atoms with van der Waals surface area (Å²) < 4.78 is 15.2. The monoisotopic (exact) mass is 314 g/mol. The summed E-state index contributed by atoms with van der Waals surface area (Å²) >= 11 is 0. The SMILES string of the molecule is COC(=O)c1ccc(O[C@@H]2O[C@H](CO)[C@@H](O)[C@H](O)[C@H]2O)cc1. The molecule has 5 atom stereocenters. The zero-order valence-corrected chi connectivity index (χ0v) is 11.8. The lowest BCUT2D eigenvalue weighted by Crippen LogP contribution is -2.60. The second-order valence-electron chi connectivity index (χ2n) is 4.83. The first-order chi connectivity index (χ1) is 10.5. The summed E-state index contributed by atoms with van der Waals surface area (Å²) in [7, 11) is 1.26. The number of carbonyl (C=O) groups is 1. The predicted molar refractivity (Wildman–Crippen MR) is 72.2 cm³/mol. The van der Waals surface area contributed by atoms with Crippen molar-refractivity contribution < 1.29 is 39.4 Å². The van der Waals surface area contributed by atoms with Crippen molar-refractivity contribution in [3.05, 3.63) is 29.8 Å². The van der Waals surface area contributed by atoms with Crippen LogP contribution in [0, 0.1) is 0 Å². The van der Waals surface area contributed by atoms with Gasteiger partial charge in [0.1, 0.15) is 30.2 Å². The number of aliphatic hydroxyl groups excluding tert-OH is 4. The maximum absolute atomic E-state index is 11.3. The number of esters is 1. The molecule has 122 valence electrons. The van der Waals surface area contributed by atoms with Crippen LogP contribution in [0.3, 0.4) is 0 Å². The van der Waals surface area contributed by atoms with Crippen LogP contribution in [-0.2, 0) is 9.47 Å². The summed E-state index contributed by atoms with van der Waals surface area (Å²) in [6, 6.07) is 5.86. The van der Waals surface area contributed by atoms with Crippen molar-refractivity contribution in [2.24, 2.45) is 0 Å². The molecule has 4 N–H and O–H groups in total. The standard InChI is InChI=1S/C14H18O8/c1-20-13(19)7-2-4-8(5-3-7)21-14-12(18)11(17)10(16)9(6-15)22-14/h2-5,9-12,14-18H,6H2,1H3/t9-,10-,11+,12-,14-/m1/s1. The number of hydrogen-bond acceptors (Lipinski definition) is 8. The van der Waals surface area contributed by atoms with Crippen molar-refractivity contribution in [3.8, 4) is 5.75 Å². The van der Waals surface area contributed by atoms with Crippen LogP contribution in [-0.4, -0.2) is 70.8 Å². The minimum absolute atomic E-state index is 0.275. The van der Waals surface area contributed by atoms with Crippen molar-refractivity contribution in [3.63, 3.8) is 0 Å². The Morgan fingerprint density at radius 2 is 1.77 bits per heavy atom. The molecule has 1 aliphatic heterocycles. The molecule has 0 aliphatic carbocycles. The van der Waals surface area contributed by atoms with Crippen LogP contribution in [0.1, 0.15) is 10.4 Å². The van der Waals surface area contributed by atoms with Crippen LogP contribution >= 0.6 is 0 Å². The van der Waals surface area contributed by atoms with Gasteiger partial charge in [0.15, 0.2) is 0 Å². The molecule has 0 spiro atoms. The summed E-state index contributed by atoms with van der Waals surface area (Å²) in [5.41, 5.74) is 0.323. The van der Waals surface area contributed by atoms with Gasteiger partial charge in [-0.2, -0.15) is 0 Å². The Hall–Kier alpha value is -1.71. The number of benzene rings is 1. The first-order valence-electron chi connectivity index (χ1n) is 6.63. The third-order valence-corrected chi connectivity index (χ3v) is 3.38. The van der Waals surface area contributed by atoms with Gasteiger partial charge in [-0.05, 0) is 24.3 Å². The molecule has 1 aliphatic rings. The van der Waals surface area contributed by atoms with Gasteiger partial charge in [0.25, 0.3) is 0 Å². The lowest BCUT2D eigenvalue weighted by atomic mass is 9.99. The van der Waals surface area contributed by atoms with Crippen LogP contribution in [0.4, 0.5) is 0 Å². The summed E-state index contributed by atoms with van der Waals surface area (Å²) in [5, 5.41) is 38.3.